The molecular weight excluding hydrogens is 526 g/mol. The van der Waals surface area contributed by atoms with Gasteiger partial charge in [-0.05, 0) is 41.0 Å². The average molecular weight is 541 g/mol. The number of nitro groups is 1. The highest BCUT2D eigenvalue weighted by Crippen LogP contribution is 2.28. The van der Waals surface area contributed by atoms with E-state index in [9.17, 15) is 24.5 Å². The molecule has 34 heavy (non-hydrogen) atoms. The predicted octanol–water partition coefficient (Wildman–Crippen LogP) is 5.27. The Morgan fingerprint density at radius 2 is 1.76 bits per heavy atom. The molecule has 1 heterocycles. The Hall–Kier alpha value is -3.82. The third-order valence-corrected chi connectivity index (χ3v) is 6.23. The van der Waals surface area contributed by atoms with Gasteiger partial charge in [-0.2, -0.15) is 0 Å². The van der Waals surface area contributed by atoms with Gasteiger partial charge in [0.15, 0.2) is 0 Å². The normalized spacial score (nSPS) is 14.9. The summed E-state index contributed by atoms with van der Waals surface area (Å²) in [6, 6.07) is 16.9. The number of carbonyl (C=O) groups excluding carboxylic acids is 3. The highest BCUT2D eigenvalue weighted by Gasteiger charge is 2.37. The van der Waals surface area contributed by atoms with Crippen LogP contribution in [0.1, 0.15) is 16.7 Å². The van der Waals surface area contributed by atoms with Crippen molar-refractivity contribution in [2.75, 3.05) is 4.90 Å². The number of nitro benzene ring substituents is 1. The van der Waals surface area contributed by atoms with Crippen molar-refractivity contribution in [1.82, 2.24) is 5.32 Å². The standard InChI is InChI=1S/C24H15BrClN3O5/c25-20-11-14(8-9-15(20)12-16-4-1-2-7-21(16)26)10-19-22(30)27-24(32)28(23(19)31)17-5-3-6-18(13-17)29(33)34/h1-11,13H,12H2,(H,27,30,32)/b19-10+. The fourth-order valence-electron chi connectivity index (χ4n) is 3.45. The Morgan fingerprint density at radius 1 is 1.00 bits per heavy atom. The molecule has 10 heteroatoms. The fourth-order valence-corrected chi connectivity index (χ4v) is 4.19. The van der Waals surface area contributed by atoms with Crippen molar-refractivity contribution < 1.29 is 19.3 Å². The van der Waals surface area contributed by atoms with E-state index in [-0.39, 0.29) is 16.9 Å². The van der Waals surface area contributed by atoms with E-state index < -0.39 is 22.8 Å². The van der Waals surface area contributed by atoms with E-state index >= 15 is 0 Å². The summed E-state index contributed by atoms with van der Waals surface area (Å²) < 4.78 is 0.747. The summed E-state index contributed by atoms with van der Waals surface area (Å²) in [6.45, 7) is 0. The summed E-state index contributed by atoms with van der Waals surface area (Å²) >= 11 is 9.76. The molecule has 0 atom stereocenters. The summed E-state index contributed by atoms with van der Waals surface area (Å²) in [5.74, 6) is -1.74. The van der Waals surface area contributed by atoms with Crippen LogP contribution in [0.5, 0.6) is 0 Å². The fraction of sp³-hybridized carbons (Fsp3) is 0.0417. The Balaban J connectivity index is 1.64. The smallest absolute Gasteiger partial charge is 0.273 e. The molecule has 1 aliphatic heterocycles. The van der Waals surface area contributed by atoms with E-state index in [4.69, 9.17) is 11.6 Å². The second-order valence-corrected chi connectivity index (χ2v) is 8.62. The number of carbonyl (C=O) groups is 3. The lowest BCUT2D eigenvalue weighted by molar-refractivity contribution is -0.384. The van der Waals surface area contributed by atoms with Gasteiger partial charge in [0.25, 0.3) is 17.5 Å². The second-order valence-electron chi connectivity index (χ2n) is 7.35. The van der Waals surface area contributed by atoms with Crippen molar-refractivity contribution in [3.63, 3.8) is 0 Å². The molecule has 0 saturated carbocycles. The first-order valence-electron chi connectivity index (χ1n) is 9.92. The van der Waals surface area contributed by atoms with E-state index in [1.54, 1.807) is 12.1 Å². The molecule has 3 aromatic rings. The van der Waals surface area contributed by atoms with Crippen LogP contribution in [0.25, 0.3) is 6.08 Å². The van der Waals surface area contributed by atoms with Crippen LogP contribution in [0.4, 0.5) is 16.2 Å². The largest absolute Gasteiger partial charge is 0.335 e. The zero-order valence-corrected chi connectivity index (χ0v) is 19.7. The lowest BCUT2D eigenvalue weighted by Crippen LogP contribution is -2.54. The summed E-state index contributed by atoms with van der Waals surface area (Å²) in [7, 11) is 0. The number of rotatable bonds is 5. The molecule has 1 aliphatic rings. The maximum Gasteiger partial charge on any atom is 0.335 e. The van der Waals surface area contributed by atoms with E-state index in [0.717, 1.165) is 21.7 Å². The van der Waals surface area contributed by atoms with Crippen LogP contribution >= 0.6 is 27.5 Å². The van der Waals surface area contributed by atoms with Gasteiger partial charge in [-0.25, -0.2) is 9.69 Å². The molecule has 170 valence electrons. The van der Waals surface area contributed by atoms with Gasteiger partial charge in [0.1, 0.15) is 5.57 Å². The Kier molecular flexibility index (Phi) is 6.58. The number of benzene rings is 3. The van der Waals surface area contributed by atoms with Gasteiger partial charge in [-0.15, -0.1) is 0 Å². The van der Waals surface area contributed by atoms with E-state index in [1.165, 1.54) is 24.3 Å². The molecule has 0 unspecified atom stereocenters. The van der Waals surface area contributed by atoms with Gasteiger partial charge < -0.3 is 0 Å². The first-order chi connectivity index (χ1) is 16.2. The molecule has 0 aromatic heterocycles. The summed E-state index contributed by atoms with van der Waals surface area (Å²) in [4.78, 5) is 48.9. The molecule has 1 saturated heterocycles. The van der Waals surface area contributed by atoms with Crippen LogP contribution in [0.3, 0.4) is 0 Å². The van der Waals surface area contributed by atoms with Crippen molar-refractivity contribution in [2.45, 2.75) is 6.42 Å². The van der Waals surface area contributed by atoms with E-state index in [2.05, 4.69) is 21.2 Å². The zero-order chi connectivity index (χ0) is 24.4. The van der Waals surface area contributed by atoms with Crippen LogP contribution in [-0.2, 0) is 16.0 Å². The molecule has 4 rings (SSSR count). The van der Waals surface area contributed by atoms with Crippen molar-refractivity contribution >= 4 is 62.8 Å². The Morgan fingerprint density at radius 3 is 2.47 bits per heavy atom. The highest BCUT2D eigenvalue weighted by molar-refractivity contribution is 9.10. The number of non-ortho nitro benzene ring substituents is 1. The number of hydrogen-bond donors (Lipinski definition) is 1. The molecule has 4 amide bonds. The van der Waals surface area contributed by atoms with E-state index in [0.29, 0.717) is 21.9 Å². The molecule has 0 aliphatic carbocycles. The number of halogens is 2. The van der Waals surface area contributed by atoms with Crippen LogP contribution in [-0.4, -0.2) is 22.8 Å². The van der Waals surface area contributed by atoms with Gasteiger partial charge in [-0.1, -0.05) is 63.9 Å². The quantitative estimate of drug-likeness (QED) is 0.205. The second kappa shape index (κ2) is 9.58. The molecule has 8 nitrogen and oxygen atoms in total. The molecule has 0 radical (unpaired) electrons. The lowest BCUT2D eigenvalue weighted by atomic mass is 10.0. The monoisotopic (exact) mass is 539 g/mol. The minimum Gasteiger partial charge on any atom is -0.273 e. The van der Waals surface area contributed by atoms with Crippen LogP contribution < -0.4 is 10.2 Å². The van der Waals surface area contributed by atoms with Crippen LogP contribution in [0.15, 0.2) is 76.8 Å². The number of barbiturate groups is 1. The molecule has 0 bridgehead atoms. The van der Waals surface area contributed by atoms with Crippen molar-refractivity contribution in [3.05, 3.63) is 109 Å². The Bertz CT molecular complexity index is 1390. The van der Waals surface area contributed by atoms with Crippen molar-refractivity contribution in [3.8, 4) is 0 Å². The zero-order valence-electron chi connectivity index (χ0n) is 17.3. The number of imide groups is 2. The number of nitrogens with one attached hydrogen (secondary N) is 1. The SMILES string of the molecule is O=C1NC(=O)N(c2cccc([N+](=O)[O-])c2)C(=O)/C1=C/c1ccc(Cc2ccccc2Cl)c(Br)c1. The maximum atomic E-state index is 13.0. The van der Waals surface area contributed by atoms with Gasteiger partial charge in [-0.3, -0.25) is 25.0 Å². The highest BCUT2D eigenvalue weighted by atomic mass is 79.9. The number of hydrogen-bond acceptors (Lipinski definition) is 5. The molecule has 1 fully saturated rings. The minimum atomic E-state index is -0.982. The van der Waals surface area contributed by atoms with Gasteiger partial charge in [0.05, 0.1) is 10.6 Å². The number of urea groups is 1. The lowest BCUT2D eigenvalue weighted by Gasteiger charge is -2.26. The summed E-state index contributed by atoms with van der Waals surface area (Å²) in [6.07, 6.45) is 1.93. The Labute approximate surface area is 207 Å². The van der Waals surface area contributed by atoms with Crippen molar-refractivity contribution in [2.24, 2.45) is 0 Å². The first kappa shape index (κ1) is 23.3. The molecular formula is C24H15BrClN3O5. The maximum absolute atomic E-state index is 13.0. The number of nitrogens with zero attached hydrogens (tertiary/aromatic N) is 2. The van der Waals surface area contributed by atoms with Crippen LogP contribution in [0.2, 0.25) is 5.02 Å². The van der Waals surface area contributed by atoms with Crippen molar-refractivity contribution in [1.29, 1.82) is 0 Å². The number of amides is 4. The van der Waals surface area contributed by atoms with Crippen LogP contribution in [0, 0.1) is 10.1 Å². The topological polar surface area (TPSA) is 110 Å². The molecule has 1 N–H and O–H groups in total. The van der Waals surface area contributed by atoms with Gasteiger partial charge >= 0.3 is 6.03 Å². The minimum absolute atomic E-state index is 0.0219. The molecule has 0 spiro atoms. The average Bonchev–Trinajstić information content (AvgIpc) is 2.80. The third kappa shape index (κ3) is 4.75. The predicted molar refractivity (Wildman–Crippen MR) is 130 cm³/mol. The first-order valence-corrected chi connectivity index (χ1v) is 11.1. The van der Waals surface area contributed by atoms with E-state index in [1.807, 2.05) is 30.3 Å². The summed E-state index contributed by atoms with van der Waals surface area (Å²) in [5.41, 5.74) is 1.84. The van der Waals surface area contributed by atoms with Gasteiger partial charge in [0.2, 0.25) is 0 Å². The van der Waals surface area contributed by atoms with Gasteiger partial charge in [0, 0.05) is 28.0 Å². The summed E-state index contributed by atoms with van der Waals surface area (Å²) in [5, 5.41) is 13.8. The molecule has 3 aromatic carbocycles. The third-order valence-electron chi connectivity index (χ3n) is 5.13. The number of anilines is 1.